The van der Waals surface area contributed by atoms with Crippen molar-refractivity contribution in [3.05, 3.63) is 53.1 Å². The summed E-state index contributed by atoms with van der Waals surface area (Å²) in [6.07, 6.45) is 3.31. The number of carboxylic acid groups (broad SMARTS) is 1. The predicted octanol–water partition coefficient (Wildman–Crippen LogP) is 7.10. The molecule has 2 N–H and O–H groups in total. The molecule has 0 radical (unpaired) electrons. The number of rotatable bonds is 9. The smallest absolute Gasteiger partial charge is 0.314 e. The van der Waals surface area contributed by atoms with E-state index in [1.165, 1.54) is 0 Å². The van der Waals surface area contributed by atoms with Crippen LogP contribution in [-0.4, -0.2) is 24.2 Å². The van der Waals surface area contributed by atoms with E-state index in [1.54, 1.807) is 0 Å². The second-order valence-corrected chi connectivity index (χ2v) is 10.1. The van der Waals surface area contributed by atoms with E-state index in [1.807, 2.05) is 30.3 Å². The number of hydrogen-bond acceptors (Lipinski definition) is 3. The van der Waals surface area contributed by atoms with Crippen LogP contribution in [0.15, 0.2) is 42.5 Å². The molecule has 3 rings (SSSR count). The van der Waals surface area contributed by atoms with Gasteiger partial charge in [-0.2, -0.15) is 0 Å². The van der Waals surface area contributed by atoms with E-state index in [0.29, 0.717) is 29.7 Å². The van der Waals surface area contributed by atoms with E-state index in [2.05, 4.69) is 50.0 Å². The van der Waals surface area contributed by atoms with Crippen LogP contribution in [0.2, 0.25) is 5.02 Å². The summed E-state index contributed by atoms with van der Waals surface area (Å²) in [5, 5.41) is 14.3. The van der Waals surface area contributed by atoms with Crippen molar-refractivity contribution in [3.8, 4) is 0 Å². The molecule has 2 aromatic carbocycles. The number of hydrogen-bond donors (Lipinski definition) is 2. The summed E-state index contributed by atoms with van der Waals surface area (Å²) in [5.74, 6) is 0.320. The number of aliphatic carboxylic acids is 1. The summed E-state index contributed by atoms with van der Waals surface area (Å²) in [7, 11) is 0. The van der Waals surface area contributed by atoms with E-state index in [-0.39, 0.29) is 0 Å². The van der Waals surface area contributed by atoms with Crippen LogP contribution in [0.3, 0.4) is 0 Å². The summed E-state index contributed by atoms with van der Waals surface area (Å²) in [6, 6.07) is 13.9. The Morgan fingerprint density at radius 2 is 1.61 bits per heavy atom. The highest BCUT2D eigenvalue weighted by atomic mass is 35.5. The van der Waals surface area contributed by atoms with Crippen LogP contribution in [0.4, 0.5) is 17.1 Å². The lowest BCUT2D eigenvalue weighted by atomic mass is 9.78. The third-order valence-corrected chi connectivity index (χ3v) is 6.30. The Hall–Kier alpha value is -2.20. The molecular weight excluding hydrogens is 408 g/mol. The maximum atomic E-state index is 12.3. The lowest BCUT2D eigenvalue weighted by Gasteiger charge is -2.32. The first kappa shape index (κ1) is 23.5. The molecule has 1 aliphatic rings. The molecule has 0 heterocycles. The van der Waals surface area contributed by atoms with E-state index in [9.17, 15) is 9.90 Å². The highest BCUT2D eigenvalue weighted by molar-refractivity contribution is 6.30. The number of anilines is 3. The standard InChI is InChI=1S/C26H35ClN2O2/c1-18(2)16-29(17-19(3)4)24-12-7-20(26(25(30)31)13-5-6-14-26)15-23(24)28-22-10-8-21(27)9-11-22/h7-12,15,18-19,28H,5-6,13-14,16-17H2,1-4H3,(H,30,31). The molecule has 0 atom stereocenters. The van der Waals surface area contributed by atoms with Crippen LogP contribution in [0.25, 0.3) is 0 Å². The van der Waals surface area contributed by atoms with Gasteiger partial charge in [-0.25, -0.2) is 0 Å². The molecule has 4 nitrogen and oxygen atoms in total. The van der Waals surface area contributed by atoms with Gasteiger partial charge < -0.3 is 15.3 Å². The molecule has 31 heavy (non-hydrogen) atoms. The zero-order valence-electron chi connectivity index (χ0n) is 19.1. The van der Waals surface area contributed by atoms with Crippen molar-refractivity contribution in [2.24, 2.45) is 11.8 Å². The zero-order chi connectivity index (χ0) is 22.6. The summed E-state index contributed by atoms with van der Waals surface area (Å²) in [5.41, 5.74) is 3.11. The van der Waals surface area contributed by atoms with Crippen LogP contribution < -0.4 is 10.2 Å². The van der Waals surface area contributed by atoms with Gasteiger partial charge in [-0.1, -0.05) is 58.2 Å². The van der Waals surface area contributed by atoms with Crippen molar-refractivity contribution in [1.29, 1.82) is 0 Å². The van der Waals surface area contributed by atoms with Gasteiger partial charge in [0.2, 0.25) is 0 Å². The fraction of sp³-hybridized carbons (Fsp3) is 0.500. The van der Waals surface area contributed by atoms with Gasteiger partial charge in [0.25, 0.3) is 0 Å². The maximum Gasteiger partial charge on any atom is 0.314 e. The molecule has 0 amide bonds. The quantitative estimate of drug-likeness (QED) is 0.434. The molecule has 0 aliphatic heterocycles. The highest BCUT2D eigenvalue weighted by Gasteiger charge is 2.43. The molecule has 168 valence electrons. The molecule has 2 aromatic rings. The van der Waals surface area contributed by atoms with Crippen LogP contribution in [-0.2, 0) is 10.2 Å². The molecule has 1 fully saturated rings. The molecule has 5 heteroatoms. The summed E-state index contributed by atoms with van der Waals surface area (Å²) < 4.78 is 0. The van der Waals surface area contributed by atoms with Crippen molar-refractivity contribution >= 4 is 34.6 Å². The Bertz CT molecular complexity index is 877. The average Bonchev–Trinajstić information content (AvgIpc) is 3.20. The van der Waals surface area contributed by atoms with Gasteiger partial charge in [-0.15, -0.1) is 0 Å². The fourth-order valence-electron chi connectivity index (χ4n) is 4.66. The second-order valence-electron chi connectivity index (χ2n) is 9.65. The largest absolute Gasteiger partial charge is 0.481 e. The second kappa shape index (κ2) is 9.95. The first-order valence-electron chi connectivity index (χ1n) is 11.4. The average molecular weight is 443 g/mol. The predicted molar refractivity (Wildman–Crippen MR) is 131 cm³/mol. The van der Waals surface area contributed by atoms with E-state index < -0.39 is 11.4 Å². The Labute approximate surface area is 191 Å². The van der Waals surface area contributed by atoms with Gasteiger partial charge in [-0.3, -0.25) is 4.79 Å². The number of benzene rings is 2. The Balaban J connectivity index is 2.08. The minimum absolute atomic E-state index is 0.516. The fourth-order valence-corrected chi connectivity index (χ4v) is 4.78. The third kappa shape index (κ3) is 5.54. The molecule has 1 aliphatic carbocycles. The lowest BCUT2D eigenvalue weighted by Crippen LogP contribution is -2.34. The third-order valence-electron chi connectivity index (χ3n) is 6.05. The maximum absolute atomic E-state index is 12.3. The van der Waals surface area contributed by atoms with Crippen molar-refractivity contribution in [2.45, 2.75) is 58.8 Å². The zero-order valence-corrected chi connectivity index (χ0v) is 19.9. The minimum Gasteiger partial charge on any atom is -0.481 e. The monoisotopic (exact) mass is 442 g/mol. The summed E-state index contributed by atoms with van der Waals surface area (Å²) in [6.45, 7) is 10.8. The number of nitrogens with zero attached hydrogens (tertiary/aromatic N) is 1. The van der Waals surface area contributed by atoms with Crippen LogP contribution >= 0.6 is 11.6 Å². The minimum atomic E-state index is -0.782. The van der Waals surface area contributed by atoms with E-state index in [0.717, 1.165) is 48.6 Å². The van der Waals surface area contributed by atoms with Gasteiger partial charge in [0.05, 0.1) is 16.8 Å². The molecule has 0 unspecified atom stereocenters. The van der Waals surface area contributed by atoms with Gasteiger partial charge in [0.15, 0.2) is 0 Å². The lowest BCUT2D eigenvalue weighted by molar-refractivity contribution is -0.143. The number of halogens is 1. The Morgan fingerprint density at radius 1 is 1.03 bits per heavy atom. The van der Waals surface area contributed by atoms with Crippen molar-refractivity contribution in [1.82, 2.24) is 0 Å². The van der Waals surface area contributed by atoms with Crippen molar-refractivity contribution < 1.29 is 9.90 Å². The summed E-state index contributed by atoms with van der Waals surface area (Å²) in [4.78, 5) is 14.7. The van der Waals surface area contributed by atoms with Crippen LogP contribution in [0.1, 0.15) is 58.9 Å². The van der Waals surface area contributed by atoms with Gasteiger partial charge in [0.1, 0.15) is 0 Å². The molecular formula is C26H35ClN2O2. The van der Waals surface area contributed by atoms with Crippen LogP contribution in [0, 0.1) is 11.8 Å². The van der Waals surface area contributed by atoms with Crippen LogP contribution in [0.5, 0.6) is 0 Å². The Kier molecular flexibility index (Phi) is 7.53. The SMILES string of the molecule is CC(C)CN(CC(C)C)c1ccc(C2(C(=O)O)CCCC2)cc1Nc1ccc(Cl)cc1. The van der Waals surface area contributed by atoms with E-state index in [4.69, 9.17) is 11.6 Å². The first-order valence-corrected chi connectivity index (χ1v) is 11.7. The van der Waals surface area contributed by atoms with Gasteiger partial charge in [-0.05, 0) is 66.6 Å². The molecule has 1 saturated carbocycles. The van der Waals surface area contributed by atoms with Crippen molar-refractivity contribution in [2.75, 3.05) is 23.3 Å². The van der Waals surface area contributed by atoms with Crippen molar-refractivity contribution in [3.63, 3.8) is 0 Å². The normalized spacial score (nSPS) is 15.5. The molecule has 0 aromatic heterocycles. The molecule has 0 saturated heterocycles. The van der Waals surface area contributed by atoms with Gasteiger partial charge >= 0.3 is 5.97 Å². The molecule has 0 spiro atoms. The van der Waals surface area contributed by atoms with E-state index >= 15 is 0 Å². The number of carbonyl (C=O) groups is 1. The molecule has 0 bridgehead atoms. The first-order chi connectivity index (χ1) is 14.7. The topological polar surface area (TPSA) is 52.6 Å². The number of carboxylic acids is 1. The highest BCUT2D eigenvalue weighted by Crippen LogP contribution is 2.44. The number of nitrogens with one attached hydrogen (secondary N) is 1. The summed E-state index contributed by atoms with van der Waals surface area (Å²) >= 11 is 6.07. The van der Waals surface area contributed by atoms with Gasteiger partial charge in [0, 0.05) is 23.8 Å². The Morgan fingerprint density at radius 3 is 2.13 bits per heavy atom.